The lowest BCUT2D eigenvalue weighted by Crippen LogP contribution is -2.34. The van der Waals surface area contributed by atoms with Gasteiger partial charge < -0.3 is 5.32 Å². The Labute approximate surface area is 95.5 Å². The van der Waals surface area contributed by atoms with E-state index < -0.39 is 0 Å². The van der Waals surface area contributed by atoms with Crippen molar-refractivity contribution in [1.82, 2.24) is 15.2 Å². The van der Waals surface area contributed by atoms with Crippen molar-refractivity contribution in [2.45, 2.75) is 38.9 Å². The summed E-state index contributed by atoms with van der Waals surface area (Å²) in [6.07, 6.45) is 3.14. The standard InChI is InChI=1S/C11H19N3S/c1-9(2)14-5-3-10(8-14)13-7-11-12-4-6-15-11/h4,6,9-10,13H,3,5,7-8H2,1-2H3. The van der Waals surface area contributed by atoms with Gasteiger partial charge in [0.25, 0.3) is 0 Å². The van der Waals surface area contributed by atoms with Crippen LogP contribution in [0, 0.1) is 0 Å². The second-order valence-corrected chi connectivity index (χ2v) is 5.36. The van der Waals surface area contributed by atoms with Crippen LogP contribution in [0.1, 0.15) is 25.3 Å². The van der Waals surface area contributed by atoms with Gasteiger partial charge in [-0.15, -0.1) is 11.3 Å². The average molecular weight is 225 g/mol. The summed E-state index contributed by atoms with van der Waals surface area (Å²) in [7, 11) is 0. The molecule has 3 nitrogen and oxygen atoms in total. The number of aromatic nitrogens is 1. The Kier molecular flexibility index (Phi) is 3.72. The van der Waals surface area contributed by atoms with Crippen LogP contribution in [0.2, 0.25) is 0 Å². The zero-order chi connectivity index (χ0) is 10.7. The summed E-state index contributed by atoms with van der Waals surface area (Å²) in [5.74, 6) is 0. The van der Waals surface area contributed by atoms with E-state index in [0.717, 1.165) is 6.54 Å². The molecule has 1 fully saturated rings. The number of nitrogens with one attached hydrogen (secondary N) is 1. The first-order valence-corrected chi connectivity index (χ1v) is 6.49. The van der Waals surface area contributed by atoms with Crippen molar-refractivity contribution in [3.8, 4) is 0 Å². The third-order valence-corrected chi connectivity index (χ3v) is 3.76. The maximum atomic E-state index is 4.27. The quantitative estimate of drug-likeness (QED) is 0.845. The summed E-state index contributed by atoms with van der Waals surface area (Å²) in [5, 5.41) is 6.80. The van der Waals surface area contributed by atoms with Crippen LogP contribution in [-0.4, -0.2) is 35.1 Å². The second-order valence-electron chi connectivity index (χ2n) is 4.38. The maximum absolute atomic E-state index is 4.27. The van der Waals surface area contributed by atoms with E-state index in [4.69, 9.17) is 0 Å². The van der Waals surface area contributed by atoms with Gasteiger partial charge in [-0.25, -0.2) is 4.98 Å². The summed E-state index contributed by atoms with van der Waals surface area (Å²) in [6, 6.07) is 1.33. The van der Waals surface area contributed by atoms with Gasteiger partial charge in [-0.1, -0.05) is 0 Å². The van der Waals surface area contributed by atoms with Crippen molar-refractivity contribution in [2.24, 2.45) is 0 Å². The largest absolute Gasteiger partial charge is 0.306 e. The summed E-state index contributed by atoms with van der Waals surface area (Å²) in [5.41, 5.74) is 0. The van der Waals surface area contributed by atoms with Gasteiger partial charge in [-0.2, -0.15) is 0 Å². The lowest BCUT2D eigenvalue weighted by molar-refractivity contribution is 0.268. The van der Waals surface area contributed by atoms with Crippen molar-refractivity contribution in [2.75, 3.05) is 13.1 Å². The molecule has 0 bridgehead atoms. The van der Waals surface area contributed by atoms with Crippen molar-refractivity contribution >= 4 is 11.3 Å². The Morgan fingerprint density at radius 3 is 3.13 bits per heavy atom. The van der Waals surface area contributed by atoms with Crippen LogP contribution in [0.3, 0.4) is 0 Å². The van der Waals surface area contributed by atoms with Gasteiger partial charge in [-0.3, -0.25) is 4.90 Å². The zero-order valence-corrected chi connectivity index (χ0v) is 10.3. The molecule has 1 N–H and O–H groups in total. The van der Waals surface area contributed by atoms with Crippen molar-refractivity contribution < 1.29 is 0 Å². The molecule has 0 spiro atoms. The highest BCUT2D eigenvalue weighted by Crippen LogP contribution is 2.13. The Balaban J connectivity index is 1.73. The molecule has 0 aliphatic carbocycles. The number of likely N-dealkylation sites (tertiary alicyclic amines) is 1. The van der Waals surface area contributed by atoms with E-state index in [0.29, 0.717) is 12.1 Å². The molecular weight excluding hydrogens is 206 g/mol. The van der Waals surface area contributed by atoms with E-state index in [1.807, 2.05) is 11.6 Å². The Bertz CT molecular complexity index is 284. The van der Waals surface area contributed by atoms with Gasteiger partial charge in [0.15, 0.2) is 0 Å². The van der Waals surface area contributed by atoms with Crippen LogP contribution in [-0.2, 0) is 6.54 Å². The predicted molar refractivity (Wildman–Crippen MR) is 64.1 cm³/mol. The summed E-state index contributed by atoms with van der Waals surface area (Å²) in [4.78, 5) is 6.80. The topological polar surface area (TPSA) is 28.2 Å². The molecule has 0 amide bonds. The minimum absolute atomic E-state index is 0.649. The van der Waals surface area contributed by atoms with E-state index in [1.54, 1.807) is 11.3 Å². The highest BCUT2D eigenvalue weighted by Gasteiger charge is 2.23. The lowest BCUT2D eigenvalue weighted by Gasteiger charge is -2.20. The van der Waals surface area contributed by atoms with E-state index in [1.165, 1.54) is 24.5 Å². The van der Waals surface area contributed by atoms with Crippen LogP contribution < -0.4 is 5.32 Å². The lowest BCUT2D eigenvalue weighted by atomic mass is 10.2. The minimum Gasteiger partial charge on any atom is -0.306 e. The highest BCUT2D eigenvalue weighted by atomic mass is 32.1. The SMILES string of the molecule is CC(C)N1CCC(NCc2nccs2)C1. The first kappa shape index (κ1) is 11.0. The maximum Gasteiger partial charge on any atom is 0.106 e. The van der Waals surface area contributed by atoms with E-state index >= 15 is 0 Å². The smallest absolute Gasteiger partial charge is 0.106 e. The number of rotatable bonds is 4. The molecule has 1 aromatic rings. The first-order valence-electron chi connectivity index (χ1n) is 5.61. The van der Waals surface area contributed by atoms with E-state index in [2.05, 4.69) is 29.0 Å². The fourth-order valence-corrected chi connectivity index (χ4v) is 2.56. The molecule has 2 rings (SSSR count). The van der Waals surface area contributed by atoms with Crippen molar-refractivity contribution in [1.29, 1.82) is 0 Å². The Morgan fingerprint density at radius 1 is 1.67 bits per heavy atom. The molecule has 15 heavy (non-hydrogen) atoms. The Morgan fingerprint density at radius 2 is 2.53 bits per heavy atom. The molecule has 0 aromatic carbocycles. The molecule has 0 saturated carbocycles. The molecular formula is C11H19N3S. The van der Waals surface area contributed by atoms with Crippen LogP contribution in [0.15, 0.2) is 11.6 Å². The Hall–Kier alpha value is -0.450. The van der Waals surface area contributed by atoms with Crippen LogP contribution in [0.25, 0.3) is 0 Å². The number of hydrogen-bond acceptors (Lipinski definition) is 4. The van der Waals surface area contributed by atoms with Gasteiger partial charge in [-0.05, 0) is 26.8 Å². The van der Waals surface area contributed by atoms with Gasteiger partial charge in [0.1, 0.15) is 5.01 Å². The molecule has 1 saturated heterocycles. The average Bonchev–Trinajstić information content (AvgIpc) is 2.86. The molecule has 84 valence electrons. The van der Waals surface area contributed by atoms with Gasteiger partial charge in [0.2, 0.25) is 0 Å². The van der Waals surface area contributed by atoms with Crippen molar-refractivity contribution in [3.63, 3.8) is 0 Å². The molecule has 1 aromatic heterocycles. The minimum atomic E-state index is 0.649. The second kappa shape index (κ2) is 5.05. The van der Waals surface area contributed by atoms with Gasteiger partial charge in [0, 0.05) is 36.8 Å². The summed E-state index contributed by atoms with van der Waals surface area (Å²) < 4.78 is 0. The number of nitrogens with zero attached hydrogens (tertiary/aromatic N) is 2. The molecule has 1 unspecified atom stereocenters. The van der Waals surface area contributed by atoms with Gasteiger partial charge in [0.05, 0.1) is 0 Å². The highest BCUT2D eigenvalue weighted by molar-refractivity contribution is 7.09. The molecule has 1 aliphatic rings. The van der Waals surface area contributed by atoms with Gasteiger partial charge >= 0.3 is 0 Å². The third-order valence-electron chi connectivity index (χ3n) is 2.98. The molecule has 2 heterocycles. The molecule has 1 atom stereocenters. The van der Waals surface area contributed by atoms with Crippen LogP contribution in [0.4, 0.5) is 0 Å². The normalized spacial score (nSPS) is 22.7. The van der Waals surface area contributed by atoms with Crippen LogP contribution >= 0.6 is 11.3 Å². The molecule has 4 heteroatoms. The fraction of sp³-hybridized carbons (Fsp3) is 0.727. The number of thiazole rings is 1. The van der Waals surface area contributed by atoms with Crippen LogP contribution in [0.5, 0.6) is 0 Å². The monoisotopic (exact) mass is 225 g/mol. The summed E-state index contributed by atoms with van der Waals surface area (Å²) >= 11 is 1.73. The van der Waals surface area contributed by atoms with E-state index in [-0.39, 0.29) is 0 Å². The third kappa shape index (κ3) is 3.00. The zero-order valence-electron chi connectivity index (χ0n) is 9.44. The molecule has 0 radical (unpaired) electrons. The number of hydrogen-bond donors (Lipinski definition) is 1. The fourth-order valence-electron chi connectivity index (χ4n) is 1.99. The van der Waals surface area contributed by atoms with Crippen molar-refractivity contribution in [3.05, 3.63) is 16.6 Å². The predicted octanol–water partition coefficient (Wildman–Crippen LogP) is 1.72. The van der Waals surface area contributed by atoms with E-state index in [9.17, 15) is 0 Å². The first-order chi connectivity index (χ1) is 7.25. The summed E-state index contributed by atoms with van der Waals surface area (Å²) in [6.45, 7) is 7.87. The molecule has 1 aliphatic heterocycles.